The molecular formula is C9H6N2O4. The SMILES string of the molecule is O=c1[nH]c(=O)c2c3c(ccc2[nH]1)OCO3. The molecule has 6 nitrogen and oxygen atoms in total. The van der Waals surface area contributed by atoms with Gasteiger partial charge in [0.25, 0.3) is 5.56 Å². The van der Waals surface area contributed by atoms with Crippen LogP contribution in [0.15, 0.2) is 21.7 Å². The van der Waals surface area contributed by atoms with Gasteiger partial charge in [-0.2, -0.15) is 0 Å². The van der Waals surface area contributed by atoms with Crippen molar-refractivity contribution >= 4 is 10.9 Å². The minimum Gasteiger partial charge on any atom is -0.454 e. The highest BCUT2D eigenvalue weighted by Crippen LogP contribution is 2.36. The fourth-order valence-electron chi connectivity index (χ4n) is 1.62. The average Bonchev–Trinajstić information content (AvgIpc) is 2.63. The molecule has 0 bridgehead atoms. The first-order chi connectivity index (χ1) is 7.25. The molecule has 2 heterocycles. The second-order valence-electron chi connectivity index (χ2n) is 3.13. The van der Waals surface area contributed by atoms with Crippen LogP contribution >= 0.6 is 0 Å². The van der Waals surface area contributed by atoms with E-state index in [2.05, 4.69) is 9.97 Å². The van der Waals surface area contributed by atoms with Gasteiger partial charge in [0, 0.05) is 0 Å². The lowest BCUT2D eigenvalue weighted by Gasteiger charge is -1.99. The van der Waals surface area contributed by atoms with Gasteiger partial charge in [0.15, 0.2) is 11.5 Å². The predicted octanol–water partition coefficient (Wildman–Crippen LogP) is -0.0549. The van der Waals surface area contributed by atoms with Crippen LogP contribution in [0.3, 0.4) is 0 Å². The third-order valence-corrected chi connectivity index (χ3v) is 2.24. The molecule has 0 saturated carbocycles. The Labute approximate surface area is 82.5 Å². The van der Waals surface area contributed by atoms with Crippen LogP contribution in [0.5, 0.6) is 11.5 Å². The van der Waals surface area contributed by atoms with E-state index in [1.807, 2.05) is 0 Å². The maximum Gasteiger partial charge on any atom is 0.326 e. The van der Waals surface area contributed by atoms with Gasteiger partial charge in [0.1, 0.15) is 5.39 Å². The highest BCUT2D eigenvalue weighted by atomic mass is 16.7. The summed E-state index contributed by atoms with van der Waals surface area (Å²) in [6, 6.07) is 3.26. The number of benzene rings is 1. The molecule has 0 radical (unpaired) electrons. The molecule has 15 heavy (non-hydrogen) atoms. The molecule has 1 aliphatic heterocycles. The Morgan fingerprint density at radius 2 is 2.00 bits per heavy atom. The van der Waals surface area contributed by atoms with Gasteiger partial charge in [0.2, 0.25) is 6.79 Å². The summed E-state index contributed by atoms with van der Waals surface area (Å²) in [5.74, 6) is 0.894. The van der Waals surface area contributed by atoms with Crippen LogP contribution in [0.2, 0.25) is 0 Å². The number of aromatic amines is 2. The maximum atomic E-state index is 11.5. The largest absolute Gasteiger partial charge is 0.454 e. The minimum absolute atomic E-state index is 0.0903. The monoisotopic (exact) mass is 206 g/mol. The maximum absolute atomic E-state index is 11.5. The van der Waals surface area contributed by atoms with Gasteiger partial charge >= 0.3 is 5.69 Å². The highest BCUT2D eigenvalue weighted by Gasteiger charge is 2.19. The van der Waals surface area contributed by atoms with Crippen molar-refractivity contribution < 1.29 is 9.47 Å². The Hall–Kier alpha value is -2.24. The Morgan fingerprint density at radius 1 is 1.13 bits per heavy atom. The van der Waals surface area contributed by atoms with Crippen molar-refractivity contribution in [3.05, 3.63) is 33.0 Å². The zero-order valence-corrected chi connectivity index (χ0v) is 7.49. The molecule has 76 valence electrons. The Kier molecular flexibility index (Phi) is 1.42. The quantitative estimate of drug-likeness (QED) is 0.632. The molecule has 0 amide bonds. The van der Waals surface area contributed by atoms with Crippen LogP contribution < -0.4 is 20.7 Å². The zero-order chi connectivity index (χ0) is 10.4. The fourth-order valence-corrected chi connectivity index (χ4v) is 1.62. The summed E-state index contributed by atoms with van der Waals surface area (Å²) >= 11 is 0. The van der Waals surface area contributed by atoms with Gasteiger partial charge in [-0.3, -0.25) is 9.78 Å². The second kappa shape index (κ2) is 2.63. The molecule has 0 spiro atoms. The second-order valence-corrected chi connectivity index (χ2v) is 3.13. The van der Waals surface area contributed by atoms with Gasteiger partial charge < -0.3 is 14.5 Å². The summed E-state index contributed by atoms with van der Waals surface area (Å²) in [5.41, 5.74) is -0.574. The molecule has 1 aromatic heterocycles. The van der Waals surface area contributed by atoms with Gasteiger partial charge in [-0.1, -0.05) is 0 Å². The molecule has 0 fully saturated rings. The van der Waals surface area contributed by atoms with E-state index >= 15 is 0 Å². The van der Waals surface area contributed by atoms with Crippen LogP contribution in [-0.4, -0.2) is 16.8 Å². The van der Waals surface area contributed by atoms with E-state index in [1.54, 1.807) is 12.1 Å². The van der Waals surface area contributed by atoms with E-state index in [9.17, 15) is 9.59 Å². The molecule has 0 saturated heterocycles. The molecule has 3 rings (SSSR count). The van der Waals surface area contributed by atoms with Crippen LogP contribution in [0.4, 0.5) is 0 Å². The number of H-pyrrole nitrogens is 2. The first kappa shape index (κ1) is 8.10. The number of hydrogen-bond acceptors (Lipinski definition) is 4. The minimum atomic E-state index is -0.536. The summed E-state index contributed by atoms with van der Waals surface area (Å²) in [6.45, 7) is 0.0903. The first-order valence-electron chi connectivity index (χ1n) is 4.30. The lowest BCUT2D eigenvalue weighted by Crippen LogP contribution is -2.21. The normalized spacial score (nSPS) is 13.3. The first-order valence-corrected chi connectivity index (χ1v) is 4.30. The molecule has 1 aliphatic rings. The Bertz CT molecular complexity index is 655. The van der Waals surface area contributed by atoms with Gasteiger partial charge in [0.05, 0.1) is 5.52 Å². The molecule has 6 heteroatoms. The predicted molar refractivity (Wildman–Crippen MR) is 51.3 cm³/mol. The lowest BCUT2D eigenvalue weighted by molar-refractivity contribution is 0.175. The summed E-state index contributed by atoms with van der Waals surface area (Å²) in [4.78, 5) is 27.2. The van der Waals surface area contributed by atoms with Crippen LogP contribution in [0.1, 0.15) is 0 Å². The molecule has 0 aliphatic carbocycles. The number of aromatic nitrogens is 2. The summed E-state index contributed by atoms with van der Waals surface area (Å²) in [7, 11) is 0. The van der Waals surface area contributed by atoms with Crippen molar-refractivity contribution in [1.82, 2.24) is 9.97 Å². The van der Waals surface area contributed by atoms with Crippen LogP contribution in [-0.2, 0) is 0 Å². The summed E-state index contributed by atoms with van der Waals surface area (Å²) < 4.78 is 10.3. The third kappa shape index (κ3) is 1.04. The smallest absolute Gasteiger partial charge is 0.326 e. The molecular weight excluding hydrogens is 200 g/mol. The lowest BCUT2D eigenvalue weighted by atomic mass is 10.2. The van der Waals surface area contributed by atoms with Crippen molar-refractivity contribution in [3.8, 4) is 11.5 Å². The highest BCUT2D eigenvalue weighted by molar-refractivity contribution is 5.87. The van der Waals surface area contributed by atoms with Crippen LogP contribution in [0.25, 0.3) is 10.9 Å². The van der Waals surface area contributed by atoms with Crippen LogP contribution in [0, 0.1) is 0 Å². The molecule has 0 unspecified atom stereocenters. The van der Waals surface area contributed by atoms with Crippen molar-refractivity contribution in [2.45, 2.75) is 0 Å². The van der Waals surface area contributed by atoms with Crippen molar-refractivity contribution in [2.75, 3.05) is 6.79 Å². The van der Waals surface area contributed by atoms with E-state index in [-0.39, 0.29) is 6.79 Å². The molecule has 2 aromatic rings. The van der Waals surface area contributed by atoms with Gasteiger partial charge in [-0.05, 0) is 12.1 Å². The Morgan fingerprint density at radius 3 is 2.87 bits per heavy atom. The number of fused-ring (bicyclic) bond motifs is 3. The number of rotatable bonds is 0. The van der Waals surface area contributed by atoms with Gasteiger partial charge in [-0.15, -0.1) is 0 Å². The number of nitrogens with one attached hydrogen (secondary N) is 2. The number of ether oxygens (including phenoxy) is 2. The average molecular weight is 206 g/mol. The third-order valence-electron chi connectivity index (χ3n) is 2.24. The van der Waals surface area contributed by atoms with Crippen molar-refractivity contribution in [1.29, 1.82) is 0 Å². The van der Waals surface area contributed by atoms with Gasteiger partial charge in [-0.25, -0.2) is 4.79 Å². The number of hydrogen-bond donors (Lipinski definition) is 2. The fraction of sp³-hybridized carbons (Fsp3) is 0.111. The van der Waals surface area contributed by atoms with Crippen molar-refractivity contribution in [2.24, 2.45) is 0 Å². The van der Waals surface area contributed by atoms with E-state index < -0.39 is 11.2 Å². The Balaban J connectivity index is 2.56. The summed E-state index contributed by atoms with van der Waals surface area (Å²) in [6.07, 6.45) is 0. The van der Waals surface area contributed by atoms with E-state index in [0.29, 0.717) is 22.4 Å². The molecule has 0 atom stereocenters. The molecule has 1 aromatic carbocycles. The standard InChI is InChI=1S/C9H6N2O4/c12-8-6-4(10-9(13)11-8)1-2-5-7(6)15-3-14-5/h1-2H,3H2,(H2,10,11,12,13). The molecule has 2 N–H and O–H groups in total. The van der Waals surface area contributed by atoms with E-state index in [0.717, 1.165) is 0 Å². The van der Waals surface area contributed by atoms with E-state index in [1.165, 1.54) is 0 Å². The topological polar surface area (TPSA) is 84.2 Å². The summed E-state index contributed by atoms with van der Waals surface area (Å²) in [5, 5.41) is 0.310. The van der Waals surface area contributed by atoms with Crippen molar-refractivity contribution in [3.63, 3.8) is 0 Å². The zero-order valence-electron chi connectivity index (χ0n) is 7.49. The van der Waals surface area contributed by atoms with E-state index in [4.69, 9.17) is 9.47 Å².